The monoisotopic (exact) mass is 372 g/mol. The van der Waals surface area contributed by atoms with Gasteiger partial charge in [-0.1, -0.05) is 30.3 Å². The van der Waals surface area contributed by atoms with Crippen LogP contribution in [0.25, 0.3) is 10.9 Å². The first-order chi connectivity index (χ1) is 13.5. The van der Waals surface area contributed by atoms with Crippen molar-refractivity contribution in [3.63, 3.8) is 0 Å². The minimum Gasteiger partial charge on any atom is -0.340 e. The SMILES string of the molecule is C[C@@]12NC(=O)[C@H](C[C@@]13C(=O)Nc1ccccc13)n1c2nc2ccccc2c1=O. The molecule has 2 bridgehead atoms. The summed E-state index contributed by atoms with van der Waals surface area (Å²) < 4.78 is 1.49. The van der Waals surface area contributed by atoms with Crippen LogP contribution in [0.15, 0.2) is 53.3 Å². The molecule has 3 atom stereocenters. The van der Waals surface area contributed by atoms with Gasteiger partial charge >= 0.3 is 0 Å². The highest BCUT2D eigenvalue weighted by Gasteiger charge is 2.69. The Bertz CT molecular complexity index is 1300. The van der Waals surface area contributed by atoms with Gasteiger partial charge in [-0.15, -0.1) is 0 Å². The van der Waals surface area contributed by atoms with Crippen LogP contribution in [-0.4, -0.2) is 21.4 Å². The minimum atomic E-state index is -1.14. The van der Waals surface area contributed by atoms with E-state index in [9.17, 15) is 14.4 Å². The quantitative estimate of drug-likeness (QED) is 0.627. The molecule has 3 aromatic rings. The Balaban J connectivity index is 1.75. The molecule has 138 valence electrons. The van der Waals surface area contributed by atoms with Crippen molar-refractivity contribution in [1.82, 2.24) is 14.9 Å². The number of fused-ring (bicyclic) bond motifs is 3. The molecule has 1 spiro atoms. The average molecular weight is 372 g/mol. The molecule has 1 aromatic heterocycles. The Morgan fingerprint density at radius 2 is 1.82 bits per heavy atom. The number of rotatable bonds is 0. The number of aromatic nitrogens is 2. The molecule has 7 heteroatoms. The van der Waals surface area contributed by atoms with Crippen molar-refractivity contribution in [3.05, 3.63) is 70.3 Å². The Morgan fingerprint density at radius 3 is 2.68 bits per heavy atom. The van der Waals surface area contributed by atoms with Crippen LogP contribution in [-0.2, 0) is 20.5 Å². The van der Waals surface area contributed by atoms with E-state index in [1.807, 2.05) is 30.3 Å². The summed E-state index contributed by atoms with van der Waals surface area (Å²) in [6.07, 6.45) is 0.227. The number of carbonyl (C=O) groups excluding carboxylic acids is 2. The number of nitrogens with zero attached hydrogens (tertiary/aromatic N) is 2. The lowest BCUT2D eigenvalue weighted by Crippen LogP contribution is -2.72. The summed E-state index contributed by atoms with van der Waals surface area (Å²) in [6, 6.07) is 13.8. The highest BCUT2D eigenvalue weighted by molar-refractivity contribution is 6.09. The van der Waals surface area contributed by atoms with Gasteiger partial charge in [-0.2, -0.15) is 0 Å². The predicted octanol–water partition coefficient (Wildman–Crippen LogP) is 1.58. The van der Waals surface area contributed by atoms with Crippen molar-refractivity contribution < 1.29 is 9.59 Å². The number of nitrogens with one attached hydrogen (secondary N) is 2. The van der Waals surface area contributed by atoms with Gasteiger partial charge in [0.15, 0.2) is 0 Å². The molecule has 4 aliphatic rings. The summed E-state index contributed by atoms with van der Waals surface area (Å²) >= 11 is 0. The average Bonchev–Trinajstić information content (AvgIpc) is 2.97. The second-order valence-electron chi connectivity index (χ2n) is 7.87. The normalized spacial score (nSPS) is 29.5. The fourth-order valence-corrected chi connectivity index (χ4v) is 5.28. The van der Waals surface area contributed by atoms with Crippen LogP contribution >= 0.6 is 0 Å². The number of hydrogen-bond acceptors (Lipinski definition) is 4. The predicted molar refractivity (Wildman–Crippen MR) is 102 cm³/mol. The van der Waals surface area contributed by atoms with Crippen molar-refractivity contribution in [2.24, 2.45) is 0 Å². The Morgan fingerprint density at radius 1 is 1.07 bits per heavy atom. The number of benzene rings is 2. The van der Waals surface area contributed by atoms with Crippen LogP contribution in [0.4, 0.5) is 5.69 Å². The summed E-state index contributed by atoms with van der Waals surface area (Å²) in [5.41, 5.74) is -0.258. The number of anilines is 1. The van der Waals surface area contributed by atoms with E-state index in [-0.39, 0.29) is 23.8 Å². The highest BCUT2D eigenvalue weighted by Crippen LogP contribution is 2.58. The fourth-order valence-electron chi connectivity index (χ4n) is 5.28. The molecule has 28 heavy (non-hydrogen) atoms. The van der Waals surface area contributed by atoms with Crippen molar-refractivity contribution in [1.29, 1.82) is 0 Å². The maximum Gasteiger partial charge on any atom is 0.262 e. The molecule has 0 radical (unpaired) electrons. The first-order valence-electron chi connectivity index (χ1n) is 9.22. The molecule has 0 saturated carbocycles. The number of para-hydroxylation sites is 2. The van der Waals surface area contributed by atoms with Crippen LogP contribution in [0.5, 0.6) is 0 Å². The topological polar surface area (TPSA) is 93.1 Å². The van der Waals surface area contributed by atoms with Crippen LogP contribution in [0, 0.1) is 0 Å². The van der Waals surface area contributed by atoms with Gasteiger partial charge in [-0.3, -0.25) is 19.0 Å². The molecule has 2 aromatic carbocycles. The van der Waals surface area contributed by atoms with Crippen molar-refractivity contribution in [2.75, 3.05) is 5.32 Å². The van der Waals surface area contributed by atoms with Crippen LogP contribution < -0.4 is 16.2 Å². The molecule has 7 nitrogen and oxygen atoms in total. The van der Waals surface area contributed by atoms with Gasteiger partial charge in [0.2, 0.25) is 11.8 Å². The molecule has 1 saturated heterocycles. The Labute approximate surface area is 159 Å². The lowest BCUT2D eigenvalue weighted by Gasteiger charge is -2.55. The van der Waals surface area contributed by atoms with E-state index in [0.717, 1.165) is 11.3 Å². The lowest BCUT2D eigenvalue weighted by atomic mass is 9.58. The van der Waals surface area contributed by atoms with Crippen LogP contribution in [0.3, 0.4) is 0 Å². The fraction of sp³-hybridized carbons (Fsp3) is 0.238. The van der Waals surface area contributed by atoms with Crippen LogP contribution in [0.1, 0.15) is 30.8 Å². The highest BCUT2D eigenvalue weighted by atomic mass is 16.2. The molecule has 7 rings (SSSR count). The third-order valence-corrected chi connectivity index (χ3v) is 6.62. The van der Waals surface area contributed by atoms with Crippen molar-refractivity contribution in [3.8, 4) is 0 Å². The molecular formula is C21H16N4O3. The first kappa shape index (κ1) is 15.6. The number of hydrogen-bond donors (Lipinski definition) is 2. The second-order valence-corrected chi connectivity index (χ2v) is 7.87. The zero-order valence-electron chi connectivity index (χ0n) is 15.0. The van der Waals surface area contributed by atoms with E-state index < -0.39 is 17.0 Å². The molecular weight excluding hydrogens is 356 g/mol. The van der Waals surface area contributed by atoms with E-state index in [4.69, 9.17) is 4.98 Å². The third-order valence-electron chi connectivity index (χ3n) is 6.62. The number of carbonyl (C=O) groups is 2. The second kappa shape index (κ2) is 4.67. The van der Waals surface area contributed by atoms with Crippen molar-refractivity contribution in [2.45, 2.75) is 30.3 Å². The summed E-state index contributed by atoms with van der Waals surface area (Å²) in [5.74, 6) is 0.00532. The van der Waals surface area contributed by atoms with Gasteiger partial charge in [-0.05, 0) is 37.1 Å². The Hall–Kier alpha value is -3.48. The summed E-state index contributed by atoms with van der Waals surface area (Å²) in [6.45, 7) is 1.80. The van der Waals surface area contributed by atoms with Gasteiger partial charge in [0.25, 0.3) is 5.56 Å². The molecule has 2 amide bonds. The largest absolute Gasteiger partial charge is 0.340 e. The number of amides is 2. The molecule has 0 unspecified atom stereocenters. The van der Waals surface area contributed by atoms with E-state index in [0.29, 0.717) is 16.7 Å². The van der Waals surface area contributed by atoms with Crippen molar-refractivity contribution >= 4 is 28.4 Å². The molecule has 0 aliphatic carbocycles. The Kier molecular flexibility index (Phi) is 2.60. The van der Waals surface area contributed by atoms with Gasteiger partial charge in [0.05, 0.1) is 10.9 Å². The molecule has 5 heterocycles. The molecule has 1 fully saturated rings. The summed E-state index contributed by atoms with van der Waals surface area (Å²) in [7, 11) is 0. The maximum atomic E-state index is 13.3. The maximum absolute atomic E-state index is 13.3. The van der Waals surface area contributed by atoms with E-state index in [1.165, 1.54) is 4.57 Å². The van der Waals surface area contributed by atoms with Gasteiger partial charge in [-0.25, -0.2) is 4.98 Å². The lowest BCUT2D eigenvalue weighted by molar-refractivity contribution is -0.142. The molecule has 2 N–H and O–H groups in total. The van der Waals surface area contributed by atoms with E-state index in [2.05, 4.69) is 10.6 Å². The summed E-state index contributed by atoms with van der Waals surface area (Å²) in [4.78, 5) is 44.1. The summed E-state index contributed by atoms with van der Waals surface area (Å²) in [5, 5.41) is 6.46. The minimum absolute atomic E-state index is 0.171. The first-order valence-corrected chi connectivity index (χ1v) is 9.22. The van der Waals surface area contributed by atoms with E-state index >= 15 is 0 Å². The number of piperidine rings is 1. The zero-order chi connectivity index (χ0) is 19.3. The zero-order valence-corrected chi connectivity index (χ0v) is 15.0. The third kappa shape index (κ3) is 1.50. The standard InChI is InChI=1S/C21H16N4O3/c1-20-18-22-13-8-4-2-6-11(13)17(27)25(18)15(16(26)24-20)10-21(20)12-7-3-5-9-14(12)23-19(21)28/h2-9,15H,10H2,1H3,(H,23,28)(H,24,26)/t15-,20-,21+/m0/s1. The van der Waals surface area contributed by atoms with Crippen LogP contribution in [0.2, 0.25) is 0 Å². The molecule has 4 aliphatic heterocycles. The van der Waals surface area contributed by atoms with E-state index in [1.54, 1.807) is 25.1 Å². The van der Waals surface area contributed by atoms with Gasteiger partial charge in [0.1, 0.15) is 22.8 Å². The van der Waals surface area contributed by atoms with Gasteiger partial charge in [0, 0.05) is 5.69 Å². The van der Waals surface area contributed by atoms with Gasteiger partial charge < -0.3 is 10.6 Å². The smallest absolute Gasteiger partial charge is 0.262 e.